The van der Waals surface area contributed by atoms with Crippen LogP contribution in [-0.4, -0.2) is 55.9 Å². The fraction of sp³-hybridized carbons (Fsp3) is 1.00. The van der Waals surface area contributed by atoms with Gasteiger partial charge in [-0.25, -0.2) is 8.42 Å². The lowest BCUT2D eigenvalue weighted by molar-refractivity contribution is 0.252. The molecule has 1 saturated heterocycles. The topological polar surface area (TPSA) is 69.6 Å². The third-order valence-corrected chi connectivity index (χ3v) is 5.54. The number of piperidine rings is 1. The average Bonchev–Trinajstić information content (AvgIpc) is 2.42. The van der Waals surface area contributed by atoms with E-state index >= 15 is 0 Å². The number of unbranched alkanes of at least 4 members (excludes halogenated alkanes) is 1. The molecule has 0 bridgehead atoms. The molecule has 0 spiro atoms. The highest BCUT2D eigenvalue weighted by Gasteiger charge is 2.23. The Morgan fingerprint density at radius 3 is 2.68 bits per heavy atom. The Balaban J connectivity index is 2.45. The number of nitrogens with zero attached hydrogens (tertiary/aromatic N) is 1. The van der Waals surface area contributed by atoms with Crippen LogP contribution in [0.4, 0.5) is 0 Å². The second-order valence-corrected chi connectivity index (χ2v) is 7.32. The van der Waals surface area contributed by atoms with Gasteiger partial charge in [-0.3, -0.25) is 0 Å². The zero-order valence-electron chi connectivity index (χ0n) is 12.0. The summed E-state index contributed by atoms with van der Waals surface area (Å²) in [4.78, 5) is 0. The standard InChI is InChI=1S/C13H28N2O3S/c1-2-3-9-15(10-11-16)19(17,18)12-7-13-6-4-5-8-14-13/h13-14,16H,2-12H2,1H3. The van der Waals surface area contributed by atoms with Crippen molar-refractivity contribution < 1.29 is 13.5 Å². The van der Waals surface area contributed by atoms with Crippen LogP contribution < -0.4 is 5.32 Å². The van der Waals surface area contributed by atoms with Crippen molar-refractivity contribution in [1.29, 1.82) is 0 Å². The van der Waals surface area contributed by atoms with Crippen molar-refractivity contribution in [1.82, 2.24) is 9.62 Å². The highest BCUT2D eigenvalue weighted by atomic mass is 32.2. The van der Waals surface area contributed by atoms with E-state index in [0.29, 0.717) is 19.0 Å². The lowest BCUT2D eigenvalue weighted by atomic mass is 10.0. The summed E-state index contributed by atoms with van der Waals surface area (Å²) in [5.41, 5.74) is 0. The maximum atomic E-state index is 12.3. The van der Waals surface area contributed by atoms with E-state index in [9.17, 15) is 8.42 Å². The predicted molar refractivity (Wildman–Crippen MR) is 77.6 cm³/mol. The Bertz CT molecular complexity index is 327. The molecule has 1 aliphatic rings. The zero-order valence-corrected chi connectivity index (χ0v) is 12.8. The summed E-state index contributed by atoms with van der Waals surface area (Å²) in [7, 11) is -3.22. The summed E-state index contributed by atoms with van der Waals surface area (Å²) in [6, 6.07) is 0.339. The first-order chi connectivity index (χ1) is 9.10. The third kappa shape index (κ3) is 6.21. The Hall–Kier alpha value is -0.170. The summed E-state index contributed by atoms with van der Waals surface area (Å²) < 4.78 is 26.0. The van der Waals surface area contributed by atoms with E-state index in [1.54, 1.807) is 0 Å². The van der Waals surface area contributed by atoms with E-state index in [2.05, 4.69) is 5.32 Å². The van der Waals surface area contributed by atoms with Crippen molar-refractivity contribution in [3.05, 3.63) is 0 Å². The van der Waals surface area contributed by atoms with Crippen molar-refractivity contribution in [2.24, 2.45) is 0 Å². The van der Waals surface area contributed by atoms with E-state index in [1.165, 1.54) is 17.1 Å². The van der Waals surface area contributed by atoms with Gasteiger partial charge in [0, 0.05) is 19.1 Å². The molecule has 0 radical (unpaired) electrons. The van der Waals surface area contributed by atoms with Crippen LogP contribution in [0.2, 0.25) is 0 Å². The second kappa shape index (κ2) is 8.89. The average molecular weight is 292 g/mol. The van der Waals surface area contributed by atoms with Gasteiger partial charge in [0.1, 0.15) is 0 Å². The molecule has 1 rings (SSSR count). The van der Waals surface area contributed by atoms with Crippen LogP contribution >= 0.6 is 0 Å². The molecule has 114 valence electrons. The largest absolute Gasteiger partial charge is 0.395 e. The van der Waals surface area contributed by atoms with Gasteiger partial charge in [0.05, 0.1) is 12.4 Å². The molecule has 0 saturated carbocycles. The summed E-state index contributed by atoms with van der Waals surface area (Å²) in [6.07, 6.45) is 5.94. The number of hydrogen-bond donors (Lipinski definition) is 2. The SMILES string of the molecule is CCCCN(CCO)S(=O)(=O)CCC1CCCCN1. The van der Waals surface area contributed by atoms with Crippen LogP contribution in [0, 0.1) is 0 Å². The molecule has 1 atom stereocenters. The highest BCUT2D eigenvalue weighted by molar-refractivity contribution is 7.89. The molecule has 0 aromatic heterocycles. The van der Waals surface area contributed by atoms with Crippen molar-refractivity contribution >= 4 is 10.0 Å². The van der Waals surface area contributed by atoms with Gasteiger partial charge in [-0.2, -0.15) is 4.31 Å². The number of aliphatic hydroxyl groups is 1. The molecular formula is C13H28N2O3S. The van der Waals surface area contributed by atoms with E-state index < -0.39 is 10.0 Å². The van der Waals surface area contributed by atoms with Crippen LogP contribution in [0.5, 0.6) is 0 Å². The van der Waals surface area contributed by atoms with Gasteiger partial charge in [0.15, 0.2) is 0 Å². The Labute approximate surface area is 117 Å². The second-order valence-electron chi connectivity index (χ2n) is 5.23. The van der Waals surface area contributed by atoms with Gasteiger partial charge in [-0.15, -0.1) is 0 Å². The fourth-order valence-corrected chi connectivity index (χ4v) is 4.03. The molecule has 5 nitrogen and oxygen atoms in total. The monoisotopic (exact) mass is 292 g/mol. The maximum Gasteiger partial charge on any atom is 0.214 e. The molecule has 1 fully saturated rings. The Morgan fingerprint density at radius 1 is 1.32 bits per heavy atom. The molecule has 1 heterocycles. The summed E-state index contributed by atoms with van der Waals surface area (Å²) >= 11 is 0. The normalized spacial score (nSPS) is 20.9. The molecule has 0 aliphatic carbocycles. The van der Waals surface area contributed by atoms with Crippen LogP contribution in [-0.2, 0) is 10.0 Å². The number of sulfonamides is 1. The molecule has 0 aromatic carbocycles. The van der Waals surface area contributed by atoms with Gasteiger partial charge < -0.3 is 10.4 Å². The lowest BCUT2D eigenvalue weighted by Crippen LogP contribution is -2.40. The minimum atomic E-state index is -3.22. The highest BCUT2D eigenvalue weighted by Crippen LogP contribution is 2.13. The summed E-state index contributed by atoms with van der Waals surface area (Å²) in [5, 5.41) is 12.4. The minimum absolute atomic E-state index is 0.107. The van der Waals surface area contributed by atoms with Crippen LogP contribution in [0.3, 0.4) is 0 Å². The molecule has 6 heteroatoms. The van der Waals surface area contributed by atoms with E-state index in [1.807, 2.05) is 6.92 Å². The Morgan fingerprint density at radius 2 is 2.11 bits per heavy atom. The van der Waals surface area contributed by atoms with Gasteiger partial charge in [0.2, 0.25) is 10.0 Å². The van der Waals surface area contributed by atoms with Crippen molar-refractivity contribution in [2.75, 3.05) is 32.0 Å². The van der Waals surface area contributed by atoms with Gasteiger partial charge in [0.25, 0.3) is 0 Å². The number of hydrogen-bond acceptors (Lipinski definition) is 4. The minimum Gasteiger partial charge on any atom is -0.395 e. The van der Waals surface area contributed by atoms with Crippen LogP contribution in [0.15, 0.2) is 0 Å². The van der Waals surface area contributed by atoms with Gasteiger partial charge in [-0.05, 0) is 32.2 Å². The first kappa shape index (κ1) is 16.9. The van der Waals surface area contributed by atoms with E-state index in [0.717, 1.165) is 25.8 Å². The molecule has 2 N–H and O–H groups in total. The predicted octanol–water partition coefficient (Wildman–Crippen LogP) is 0.943. The smallest absolute Gasteiger partial charge is 0.214 e. The van der Waals surface area contributed by atoms with E-state index in [4.69, 9.17) is 5.11 Å². The fourth-order valence-electron chi connectivity index (χ4n) is 2.43. The first-order valence-corrected chi connectivity index (χ1v) is 9.03. The number of rotatable bonds is 9. The molecular weight excluding hydrogens is 264 g/mol. The number of nitrogens with one attached hydrogen (secondary N) is 1. The van der Waals surface area contributed by atoms with Crippen molar-refractivity contribution in [2.45, 2.75) is 51.5 Å². The molecule has 0 aromatic rings. The molecule has 1 unspecified atom stereocenters. The zero-order chi connectivity index (χ0) is 14.1. The lowest BCUT2D eigenvalue weighted by Gasteiger charge is -2.25. The Kier molecular flexibility index (Phi) is 7.90. The van der Waals surface area contributed by atoms with Crippen molar-refractivity contribution in [3.8, 4) is 0 Å². The molecule has 19 heavy (non-hydrogen) atoms. The van der Waals surface area contributed by atoms with Crippen LogP contribution in [0.1, 0.15) is 45.4 Å². The molecule has 1 aliphatic heterocycles. The number of aliphatic hydroxyl groups excluding tert-OH is 1. The quantitative estimate of drug-likeness (QED) is 0.664. The maximum absolute atomic E-state index is 12.3. The summed E-state index contributed by atoms with van der Waals surface area (Å²) in [6.45, 7) is 3.68. The van der Waals surface area contributed by atoms with E-state index in [-0.39, 0.29) is 18.9 Å². The summed E-state index contributed by atoms with van der Waals surface area (Å²) in [5.74, 6) is 0.189. The van der Waals surface area contributed by atoms with Gasteiger partial charge in [-0.1, -0.05) is 19.8 Å². The van der Waals surface area contributed by atoms with Crippen molar-refractivity contribution in [3.63, 3.8) is 0 Å². The van der Waals surface area contributed by atoms with Crippen LogP contribution in [0.25, 0.3) is 0 Å². The first-order valence-electron chi connectivity index (χ1n) is 7.42. The third-order valence-electron chi connectivity index (χ3n) is 3.64. The van der Waals surface area contributed by atoms with Gasteiger partial charge >= 0.3 is 0 Å². The molecule has 0 amide bonds.